The third-order valence-electron chi connectivity index (χ3n) is 0.632. The van der Waals surface area contributed by atoms with Crippen molar-refractivity contribution in [2.75, 3.05) is 6.54 Å². The van der Waals surface area contributed by atoms with Gasteiger partial charge < -0.3 is 0 Å². The van der Waals surface area contributed by atoms with Crippen LogP contribution in [0.5, 0.6) is 0 Å². The molecule has 0 unspecified atom stereocenters. The SMILES string of the molecule is CC(C)(C)C[N]=[Pt]=[N]C#N. The Bertz CT molecular complexity index is 190. The van der Waals surface area contributed by atoms with E-state index in [-0.39, 0.29) is 5.41 Å². The van der Waals surface area contributed by atoms with E-state index >= 15 is 0 Å². The summed E-state index contributed by atoms with van der Waals surface area (Å²) in [6.07, 6.45) is 1.73. The Hall–Kier alpha value is -0.222. The summed E-state index contributed by atoms with van der Waals surface area (Å²) in [7, 11) is 0. The first-order valence-corrected chi connectivity index (χ1v) is 4.93. The predicted octanol–water partition coefficient (Wildman–Crippen LogP) is 1.96. The molecule has 0 aromatic carbocycles. The minimum atomic E-state index is -0.561. The summed E-state index contributed by atoms with van der Waals surface area (Å²) < 4.78 is 7.68. The van der Waals surface area contributed by atoms with E-state index in [0.29, 0.717) is 0 Å². The molecule has 0 aliphatic heterocycles. The molecule has 0 fully saturated rings. The zero-order valence-corrected chi connectivity index (χ0v) is 8.64. The van der Waals surface area contributed by atoms with Crippen LogP contribution in [0, 0.1) is 16.9 Å². The quantitative estimate of drug-likeness (QED) is 0.681. The van der Waals surface area contributed by atoms with Crippen molar-refractivity contribution in [3.8, 4) is 6.19 Å². The van der Waals surface area contributed by atoms with Crippen molar-refractivity contribution in [1.82, 2.24) is 0 Å². The molecule has 0 spiro atoms. The summed E-state index contributed by atoms with van der Waals surface area (Å²) in [5, 5.41) is 8.05. The maximum absolute atomic E-state index is 8.05. The average Bonchev–Trinajstić information content (AvgIpc) is 1.78. The number of nitriles is 1. The molecule has 0 rings (SSSR count). The van der Waals surface area contributed by atoms with Crippen molar-refractivity contribution in [2.45, 2.75) is 20.8 Å². The van der Waals surface area contributed by atoms with Gasteiger partial charge in [-0.3, -0.25) is 0 Å². The first kappa shape index (κ1) is 9.78. The molecule has 0 bridgehead atoms. The van der Waals surface area contributed by atoms with Gasteiger partial charge in [-0.1, -0.05) is 0 Å². The standard InChI is InChI=1S/C5H11N.CN2.Pt/c1-5(2,3)4-6;2-1-3;/h4H2,1-3H3;;. The summed E-state index contributed by atoms with van der Waals surface area (Å²) in [5.74, 6) is 0. The molecule has 0 aliphatic rings. The van der Waals surface area contributed by atoms with Gasteiger partial charge in [-0.2, -0.15) is 0 Å². The first-order valence-electron chi connectivity index (χ1n) is 2.90. The van der Waals surface area contributed by atoms with Crippen molar-refractivity contribution in [3.63, 3.8) is 0 Å². The molecule has 0 saturated carbocycles. The Morgan fingerprint density at radius 2 is 2.10 bits per heavy atom. The van der Waals surface area contributed by atoms with E-state index in [4.69, 9.17) is 5.26 Å². The molecule has 60 valence electrons. The van der Waals surface area contributed by atoms with Gasteiger partial charge in [0.05, 0.1) is 0 Å². The molecular weight excluding hydrogens is 309 g/mol. The number of nitrogens with zero attached hydrogens (tertiary/aromatic N) is 3. The molecule has 4 heteroatoms. The van der Waals surface area contributed by atoms with Gasteiger partial charge in [0.25, 0.3) is 0 Å². The van der Waals surface area contributed by atoms with Crippen LogP contribution < -0.4 is 0 Å². The van der Waals surface area contributed by atoms with Crippen LogP contribution in [-0.2, 0) is 18.2 Å². The Labute approximate surface area is 69.7 Å². The fraction of sp³-hybridized carbons (Fsp3) is 0.833. The van der Waals surface area contributed by atoms with E-state index in [9.17, 15) is 0 Å². The van der Waals surface area contributed by atoms with Crippen LogP contribution in [0.1, 0.15) is 20.8 Å². The number of hydrogen-bond donors (Lipinski definition) is 0. The number of hydrogen-bond acceptors (Lipinski definition) is 3. The fourth-order valence-corrected chi connectivity index (χ4v) is 1.71. The Morgan fingerprint density at radius 3 is 2.50 bits per heavy atom. The molecule has 0 radical (unpaired) electrons. The van der Waals surface area contributed by atoms with Gasteiger partial charge in [-0.05, 0) is 0 Å². The van der Waals surface area contributed by atoms with Gasteiger partial charge in [0.15, 0.2) is 0 Å². The topological polar surface area (TPSA) is 48.5 Å². The van der Waals surface area contributed by atoms with Crippen LogP contribution in [0.3, 0.4) is 0 Å². The van der Waals surface area contributed by atoms with E-state index in [1.165, 1.54) is 0 Å². The number of rotatable bonds is 1. The van der Waals surface area contributed by atoms with Gasteiger partial charge in [0.2, 0.25) is 0 Å². The zero-order valence-electron chi connectivity index (χ0n) is 6.36. The second-order valence-electron chi connectivity index (χ2n) is 3.05. The summed E-state index contributed by atoms with van der Waals surface area (Å²) in [4.78, 5) is 0. The molecule has 0 aromatic heterocycles. The maximum atomic E-state index is 8.05. The third kappa shape index (κ3) is 7.78. The van der Waals surface area contributed by atoms with Crippen molar-refractivity contribution in [1.29, 1.82) is 5.26 Å². The van der Waals surface area contributed by atoms with Gasteiger partial charge in [-0.25, -0.2) is 0 Å². The van der Waals surface area contributed by atoms with E-state index in [1.54, 1.807) is 6.19 Å². The van der Waals surface area contributed by atoms with Gasteiger partial charge >= 0.3 is 69.4 Å². The van der Waals surface area contributed by atoms with E-state index in [1.807, 2.05) is 0 Å². The minimum absolute atomic E-state index is 0.241. The Balaban J connectivity index is 3.78. The van der Waals surface area contributed by atoms with Crippen LogP contribution >= 0.6 is 0 Å². The molecule has 0 aromatic rings. The van der Waals surface area contributed by atoms with Crippen LogP contribution in [0.4, 0.5) is 0 Å². The van der Waals surface area contributed by atoms with Crippen molar-refractivity contribution >= 4 is 0 Å². The van der Waals surface area contributed by atoms with E-state index in [2.05, 4.69) is 27.8 Å². The van der Waals surface area contributed by atoms with Crippen LogP contribution in [0.15, 0.2) is 6.99 Å². The van der Waals surface area contributed by atoms with Gasteiger partial charge in [-0.15, -0.1) is 0 Å². The van der Waals surface area contributed by atoms with Crippen LogP contribution in [-0.4, -0.2) is 6.54 Å². The molecule has 0 N–H and O–H groups in total. The monoisotopic (exact) mass is 320 g/mol. The zero-order chi connectivity index (χ0) is 8.04. The van der Waals surface area contributed by atoms with Gasteiger partial charge in [0, 0.05) is 0 Å². The molecule has 0 heterocycles. The van der Waals surface area contributed by atoms with Gasteiger partial charge in [0.1, 0.15) is 0 Å². The second-order valence-corrected chi connectivity index (χ2v) is 4.73. The summed E-state index contributed by atoms with van der Waals surface area (Å²) in [6, 6.07) is 0. The normalized spacial score (nSPS) is 10.6. The van der Waals surface area contributed by atoms with Crippen LogP contribution in [0.25, 0.3) is 0 Å². The Morgan fingerprint density at radius 1 is 1.50 bits per heavy atom. The van der Waals surface area contributed by atoms with Crippen molar-refractivity contribution in [2.24, 2.45) is 12.4 Å². The summed E-state index contributed by atoms with van der Waals surface area (Å²) >= 11 is -0.561. The van der Waals surface area contributed by atoms with Crippen LogP contribution in [0.2, 0.25) is 0 Å². The second kappa shape index (κ2) is 4.57. The molecule has 0 aliphatic carbocycles. The molecule has 0 amide bonds. The van der Waals surface area contributed by atoms with Crippen molar-refractivity contribution < 1.29 is 18.2 Å². The van der Waals surface area contributed by atoms with E-state index < -0.39 is 18.2 Å². The average molecular weight is 320 g/mol. The molecular formula is C6H11N3Pt. The predicted molar refractivity (Wildman–Crippen MR) is 34.8 cm³/mol. The first-order chi connectivity index (χ1) is 4.56. The Kier molecular flexibility index (Phi) is 4.47. The molecule has 10 heavy (non-hydrogen) atoms. The third-order valence-corrected chi connectivity index (χ3v) is 1.77. The van der Waals surface area contributed by atoms with Crippen molar-refractivity contribution in [3.05, 3.63) is 0 Å². The molecule has 0 atom stereocenters. The summed E-state index contributed by atoms with van der Waals surface area (Å²) in [5.41, 5.74) is 0.241. The molecule has 3 nitrogen and oxygen atoms in total. The molecule has 0 saturated heterocycles. The summed E-state index contributed by atoms with van der Waals surface area (Å²) in [6.45, 7) is 7.17. The fourth-order valence-electron chi connectivity index (χ4n) is 0.209. The van der Waals surface area contributed by atoms with E-state index in [0.717, 1.165) is 6.54 Å².